The number of nitrogens with one attached hydrogen (secondary N) is 1. The number of thioether (sulfide) groups is 1. The summed E-state index contributed by atoms with van der Waals surface area (Å²) in [5.74, 6) is -0.884. The van der Waals surface area contributed by atoms with Crippen LogP contribution in [0.1, 0.15) is 41.6 Å². The summed E-state index contributed by atoms with van der Waals surface area (Å²) >= 11 is 8.64. The SMILES string of the molecule is CCc1cc(C(=O)c2ccc(Cl)cc2)c(NC(=O)CSc2ccc(OC(C)(C)C(=O)O)cc2)s1. The molecule has 0 aliphatic carbocycles. The molecule has 3 rings (SSSR count). The van der Waals surface area contributed by atoms with E-state index in [0.717, 1.165) is 16.2 Å². The zero-order valence-electron chi connectivity index (χ0n) is 18.9. The van der Waals surface area contributed by atoms with Crippen molar-refractivity contribution >= 4 is 57.4 Å². The molecular weight excluding hydrogens is 494 g/mol. The first kappa shape index (κ1) is 25.8. The van der Waals surface area contributed by atoms with E-state index in [9.17, 15) is 19.5 Å². The van der Waals surface area contributed by atoms with Gasteiger partial charge in [0, 0.05) is 20.4 Å². The van der Waals surface area contributed by atoms with Crippen LogP contribution in [-0.2, 0) is 16.0 Å². The number of anilines is 1. The lowest BCUT2D eigenvalue weighted by Gasteiger charge is -2.21. The van der Waals surface area contributed by atoms with Crippen LogP contribution >= 0.6 is 34.7 Å². The zero-order chi connectivity index (χ0) is 24.9. The lowest BCUT2D eigenvalue weighted by molar-refractivity contribution is -0.152. The highest BCUT2D eigenvalue weighted by Crippen LogP contribution is 2.31. The standard InChI is InChI=1S/C25H24ClNO5S2/c1-4-18-13-20(22(29)15-5-7-16(26)8-6-15)23(34-18)27-21(28)14-33-19-11-9-17(10-12-19)32-25(2,3)24(30)31/h5-13H,4,14H2,1-3H3,(H,27,28)(H,30,31). The number of amides is 1. The Hall–Kier alpha value is -2.81. The maximum Gasteiger partial charge on any atom is 0.347 e. The summed E-state index contributed by atoms with van der Waals surface area (Å²) in [6.07, 6.45) is 0.753. The molecule has 0 bridgehead atoms. The molecule has 0 unspecified atom stereocenters. The highest BCUT2D eigenvalue weighted by Gasteiger charge is 2.29. The van der Waals surface area contributed by atoms with Gasteiger partial charge in [-0.25, -0.2) is 4.79 Å². The molecule has 34 heavy (non-hydrogen) atoms. The van der Waals surface area contributed by atoms with Crippen molar-refractivity contribution in [3.63, 3.8) is 0 Å². The number of aryl methyl sites for hydroxylation is 1. The third-order valence-corrected chi connectivity index (χ3v) is 7.28. The molecule has 2 aromatic carbocycles. The predicted octanol–water partition coefficient (Wildman–Crippen LogP) is 6.17. The highest BCUT2D eigenvalue weighted by molar-refractivity contribution is 8.00. The topological polar surface area (TPSA) is 92.7 Å². The predicted molar refractivity (Wildman–Crippen MR) is 137 cm³/mol. The van der Waals surface area contributed by atoms with E-state index in [0.29, 0.717) is 26.9 Å². The molecule has 0 aliphatic rings. The van der Waals surface area contributed by atoms with Crippen LogP contribution in [0.15, 0.2) is 59.5 Å². The lowest BCUT2D eigenvalue weighted by Crippen LogP contribution is -2.37. The maximum absolute atomic E-state index is 13.0. The van der Waals surface area contributed by atoms with Crippen molar-refractivity contribution in [2.24, 2.45) is 0 Å². The number of aliphatic carboxylic acids is 1. The number of hydrogen-bond donors (Lipinski definition) is 2. The Bertz CT molecular complexity index is 1190. The summed E-state index contributed by atoms with van der Waals surface area (Å²) in [4.78, 5) is 38.7. The molecule has 1 aromatic heterocycles. The van der Waals surface area contributed by atoms with Gasteiger partial charge >= 0.3 is 5.97 Å². The van der Waals surface area contributed by atoms with E-state index >= 15 is 0 Å². The third kappa shape index (κ3) is 6.62. The Balaban J connectivity index is 1.64. The van der Waals surface area contributed by atoms with Crippen LogP contribution < -0.4 is 10.1 Å². The van der Waals surface area contributed by atoms with Crippen LogP contribution in [0.2, 0.25) is 5.02 Å². The van der Waals surface area contributed by atoms with Crippen molar-refractivity contribution in [1.82, 2.24) is 0 Å². The number of rotatable bonds is 10. The second-order valence-electron chi connectivity index (χ2n) is 7.87. The van der Waals surface area contributed by atoms with E-state index in [4.69, 9.17) is 16.3 Å². The van der Waals surface area contributed by atoms with Gasteiger partial charge in [-0.2, -0.15) is 0 Å². The number of carbonyl (C=O) groups is 3. The molecule has 178 valence electrons. The second-order valence-corrected chi connectivity index (χ2v) is 10.5. The van der Waals surface area contributed by atoms with Gasteiger partial charge in [-0.15, -0.1) is 23.1 Å². The van der Waals surface area contributed by atoms with Gasteiger partial charge in [-0.3, -0.25) is 9.59 Å². The molecule has 6 nitrogen and oxygen atoms in total. The number of thiophene rings is 1. The van der Waals surface area contributed by atoms with Gasteiger partial charge < -0.3 is 15.2 Å². The number of benzene rings is 2. The molecule has 0 saturated carbocycles. The Kier molecular flexibility index (Phi) is 8.41. The fraction of sp³-hybridized carbons (Fsp3) is 0.240. The smallest absolute Gasteiger partial charge is 0.347 e. The van der Waals surface area contributed by atoms with Crippen LogP contribution in [0.25, 0.3) is 0 Å². The number of ether oxygens (including phenoxy) is 1. The molecule has 0 spiro atoms. The summed E-state index contributed by atoms with van der Waals surface area (Å²) in [5.41, 5.74) is -0.374. The number of ketones is 1. The van der Waals surface area contributed by atoms with Gasteiger partial charge in [-0.05, 0) is 74.9 Å². The van der Waals surface area contributed by atoms with Gasteiger partial charge in [0.25, 0.3) is 0 Å². The van der Waals surface area contributed by atoms with Crippen LogP contribution in [0.4, 0.5) is 5.00 Å². The van der Waals surface area contributed by atoms with Crippen molar-refractivity contribution in [2.75, 3.05) is 11.1 Å². The molecule has 0 fully saturated rings. The van der Waals surface area contributed by atoms with Crippen molar-refractivity contribution < 1.29 is 24.2 Å². The van der Waals surface area contributed by atoms with Gasteiger partial charge in [-0.1, -0.05) is 18.5 Å². The Morgan fingerprint density at radius 3 is 2.32 bits per heavy atom. The van der Waals surface area contributed by atoms with E-state index < -0.39 is 11.6 Å². The van der Waals surface area contributed by atoms with Crippen molar-refractivity contribution in [3.05, 3.63) is 75.6 Å². The molecular formula is C25H24ClNO5S2. The molecule has 2 N–H and O–H groups in total. The summed E-state index contributed by atoms with van der Waals surface area (Å²) in [7, 11) is 0. The first-order valence-corrected chi connectivity index (χ1v) is 12.6. The molecule has 3 aromatic rings. The summed E-state index contributed by atoms with van der Waals surface area (Å²) in [5, 5.41) is 13.1. The number of hydrogen-bond acceptors (Lipinski definition) is 6. The van der Waals surface area contributed by atoms with Gasteiger partial charge in [0.15, 0.2) is 11.4 Å². The number of halogens is 1. The van der Waals surface area contributed by atoms with Crippen molar-refractivity contribution in [3.8, 4) is 5.75 Å². The minimum atomic E-state index is -1.34. The fourth-order valence-electron chi connectivity index (χ4n) is 2.89. The summed E-state index contributed by atoms with van der Waals surface area (Å²) in [6, 6.07) is 15.3. The van der Waals surface area contributed by atoms with E-state index in [2.05, 4.69) is 5.32 Å². The van der Waals surface area contributed by atoms with E-state index in [1.807, 2.05) is 13.0 Å². The largest absolute Gasteiger partial charge is 0.478 e. The van der Waals surface area contributed by atoms with Crippen molar-refractivity contribution in [1.29, 1.82) is 0 Å². The van der Waals surface area contributed by atoms with Crippen LogP contribution in [0, 0.1) is 0 Å². The maximum atomic E-state index is 13.0. The van der Waals surface area contributed by atoms with Crippen LogP contribution in [-0.4, -0.2) is 34.1 Å². The average Bonchev–Trinajstić information content (AvgIpc) is 3.21. The monoisotopic (exact) mass is 517 g/mol. The Morgan fingerprint density at radius 1 is 1.09 bits per heavy atom. The molecule has 9 heteroatoms. The number of carbonyl (C=O) groups excluding carboxylic acids is 2. The molecule has 1 amide bonds. The zero-order valence-corrected chi connectivity index (χ0v) is 21.3. The first-order chi connectivity index (χ1) is 16.1. The molecule has 0 radical (unpaired) electrons. The number of carboxylic acid groups (broad SMARTS) is 1. The fourth-order valence-corrected chi connectivity index (χ4v) is 4.72. The average molecular weight is 518 g/mol. The van der Waals surface area contributed by atoms with E-state index in [-0.39, 0.29) is 17.4 Å². The van der Waals surface area contributed by atoms with Gasteiger partial charge in [0.05, 0.1) is 11.3 Å². The summed E-state index contributed by atoms with van der Waals surface area (Å²) in [6.45, 7) is 4.94. The van der Waals surface area contributed by atoms with Crippen LogP contribution in [0.5, 0.6) is 5.75 Å². The van der Waals surface area contributed by atoms with E-state index in [1.54, 1.807) is 48.5 Å². The summed E-state index contributed by atoms with van der Waals surface area (Å²) < 4.78 is 5.49. The Morgan fingerprint density at radius 2 is 1.74 bits per heavy atom. The molecule has 0 aliphatic heterocycles. The van der Waals surface area contributed by atoms with Crippen molar-refractivity contribution in [2.45, 2.75) is 37.7 Å². The molecule has 0 saturated heterocycles. The number of carboxylic acids is 1. The molecule has 0 atom stereocenters. The minimum absolute atomic E-state index is 0.148. The van der Waals surface area contributed by atoms with Gasteiger partial charge in [0.1, 0.15) is 10.8 Å². The molecule has 1 heterocycles. The lowest BCUT2D eigenvalue weighted by atomic mass is 10.0. The normalized spacial score (nSPS) is 11.2. The highest BCUT2D eigenvalue weighted by atomic mass is 35.5. The van der Waals surface area contributed by atoms with Crippen LogP contribution in [0.3, 0.4) is 0 Å². The minimum Gasteiger partial charge on any atom is -0.478 e. The Labute approximate surface area is 211 Å². The van der Waals surface area contributed by atoms with E-state index in [1.165, 1.54) is 36.9 Å². The van der Waals surface area contributed by atoms with Gasteiger partial charge in [0.2, 0.25) is 5.91 Å². The first-order valence-electron chi connectivity index (χ1n) is 10.5. The third-order valence-electron chi connectivity index (χ3n) is 4.82. The second kappa shape index (κ2) is 11.1. The quantitative estimate of drug-likeness (QED) is 0.247.